The molecule has 0 aliphatic rings. The number of benzene rings is 4. The summed E-state index contributed by atoms with van der Waals surface area (Å²) in [5, 5.41) is 66.8. The molecule has 0 aliphatic carbocycles. The number of aromatic hydroxyl groups is 7. The van der Waals surface area contributed by atoms with E-state index in [1.165, 1.54) is 42.5 Å². The fourth-order valence-corrected chi connectivity index (χ4v) is 4.03. The minimum atomic E-state index is -0.653. The molecule has 0 amide bonds. The molecular weight excluding hydrogens is 536 g/mol. The summed E-state index contributed by atoms with van der Waals surface area (Å²) in [5.41, 5.74) is 0.518. The molecule has 41 heavy (non-hydrogen) atoms. The third-order valence-electron chi connectivity index (χ3n) is 6.06. The van der Waals surface area contributed by atoms with E-state index in [0.717, 1.165) is 12.1 Å². The van der Waals surface area contributed by atoms with Crippen LogP contribution in [0.25, 0.3) is 44.6 Å². The number of hydrogen-bond acceptors (Lipinski definition) is 11. The molecule has 0 bridgehead atoms. The van der Waals surface area contributed by atoms with Gasteiger partial charge in [-0.1, -0.05) is 12.1 Å². The minimum Gasteiger partial charge on any atom is -0.508 e. The summed E-state index contributed by atoms with van der Waals surface area (Å²) >= 11 is 0. The van der Waals surface area contributed by atoms with Gasteiger partial charge in [-0.05, 0) is 48.5 Å². The summed E-state index contributed by atoms with van der Waals surface area (Å²) in [5.74, 6) is -3.10. The van der Waals surface area contributed by atoms with Crippen LogP contribution in [0.3, 0.4) is 0 Å². The molecule has 7 N–H and O–H groups in total. The first-order valence-electron chi connectivity index (χ1n) is 11.8. The second-order valence-corrected chi connectivity index (χ2v) is 8.85. The van der Waals surface area contributed by atoms with E-state index in [-0.39, 0.29) is 39.3 Å². The fraction of sp³-hybridized carbons (Fsp3) is 0. The molecule has 0 spiro atoms. The SMILES string of the molecule is O=c1cc(-c2cc(O)c(O)c(O)c2)oc2cc(O)ccc12.O=c1cc(-c2cc(O)c(O)c(O)c2)oc2ccccc12. The van der Waals surface area contributed by atoms with Crippen LogP contribution in [0.2, 0.25) is 0 Å². The van der Waals surface area contributed by atoms with Crippen LogP contribution < -0.4 is 10.9 Å². The van der Waals surface area contributed by atoms with Crippen LogP contribution in [0, 0.1) is 0 Å². The number of phenolic OH excluding ortho intramolecular Hbond substituents is 7. The van der Waals surface area contributed by atoms with Crippen molar-refractivity contribution in [3.05, 3.63) is 99.3 Å². The Morgan fingerprint density at radius 1 is 0.463 bits per heavy atom. The molecule has 0 aliphatic heterocycles. The van der Waals surface area contributed by atoms with Crippen molar-refractivity contribution in [1.29, 1.82) is 0 Å². The molecule has 0 saturated carbocycles. The highest BCUT2D eigenvalue weighted by Gasteiger charge is 2.14. The number of para-hydroxylation sites is 1. The van der Waals surface area contributed by atoms with E-state index < -0.39 is 34.5 Å². The third-order valence-corrected chi connectivity index (χ3v) is 6.06. The van der Waals surface area contributed by atoms with Gasteiger partial charge >= 0.3 is 0 Å². The Hall–Kier alpha value is -6.10. The van der Waals surface area contributed by atoms with E-state index in [1.54, 1.807) is 24.3 Å². The van der Waals surface area contributed by atoms with Gasteiger partial charge in [0.15, 0.2) is 45.4 Å². The second kappa shape index (κ2) is 10.2. The molecule has 0 atom stereocenters. The maximum absolute atomic E-state index is 12.0. The van der Waals surface area contributed by atoms with Crippen LogP contribution in [0.4, 0.5) is 0 Å². The van der Waals surface area contributed by atoms with Gasteiger partial charge in [0.1, 0.15) is 28.4 Å². The Bertz CT molecular complexity index is 2030. The van der Waals surface area contributed by atoms with Gasteiger partial charge in [-0.25, -0.2) is 0 Å². The van der Waals surface area contributed by atoms with Gasteiger partial charge in [0, 0.05) is 29.3 Å². The first-order chi connectivity index (χ1) is 19.5. The summed E-state index contributed by atoms with van der Waals surface area (Å²) in [6.45, 7) is 0. The van der Waals surface area contributed by atoms with Crippen molar-refractivity contribution < 1.29 is 44.6 Å². The van der Waals surface area contributed by atoms with Crippen molar-refractivity contribution in [2.75, 3.05) is 0 Å². The molecule has 11 heteroatoms. The largest absolute Gasteiger partial charge is 0.508 e. The van der Waals surface area contributed by atoms with Crippen LogP contribution in [-0.4, -0.2) is 35.7 Å². The van der Waals surface area contributed by atoms with E-state index in [4.69, 9.17) is 8.83 Å². The highest BCUT2D eigenvalue weighted by molar-refractivity contribution is 5.81. The van der Waals surface area contributed by atoms with Gasteiger partial charge in [-0.3, -0.25) is 9.59 Å². The van der Waals surface area contributed by atoms with Gasteiger partial charge < -0.3 is 44.6 Å². The summed E-state index contributed by atoms with van der Waals surface area (Å²) in [6, 6.07) is 18.1. The van der Waals surface area contributed by atoms with E-state index in [9.17, 15) is 45.3 Å². The van der Waals surface area contributed by atoms with Gasteiger partial charge in [0.05, 0.1) is 10.8 Å². The normalized spacial score (nSPS) is 10.8. The van der Waals surface area contributed by atoms with E-state index >= 15 is 0 Å². The molecule has 11 nitrogen and oxygen atoms in total. The molecule has 206 valence electrons. The highest BCUT2D eigenvalue weighted by atomic mass is 16.3. The van der Waals surface area contributed by atoms with Gasteiger partial charge in [0.25, 0.3) is 0 Å². The summed E-state index contributed by atoms with van der Waals surface area (Å²) in [7, 11) is 0. The predicted octanol–water partition coefficient (Wildman–Crippen LogP) is 4.86. The third kappa shape index (κ3) is 5.14. The number of fused-ring (bicyclic) bond motifs is 2. The van der Waals surface area contributed by atoms with Crippen molar-refractivity contribution in [2.24, 2.45) is 0 Å². The number of hydrogen-bond donors (Lipinski definition) is 7. The van der Waals surface area contributed by atoms with Crippen LogP contribution in [-0.2, 0) is 0 Å². The fourth-order valence-electron chi connectivity index (χ4n) is 4.03. The number of rotatable bonds is 2. The zero-order chi connectivity index (χ0) is 29.4. The van der Waals surface area contributed by atoms with Crippen molar-refractivity contribution >= 4 is 21.9 Å². The van der Waals surface area contributed by atoms with Crippen molar-refractivity contribution in [3.63, 3.8) is 0 Å². The van der Waals surface area contributed by atoms with Crippen molar-refractivity contribution in [1.82, 2.24) is 0 Å². The lowest BCUT2D eigenvalue weighted by Gasteiger charge is -2.06. The molecular formula is C30H20O11. The molecule has 0 unspecified atom stereocenters. The van der Waals surface area contributed by atoms with E-state index in [0.29, 0.717) is 21.9 Å². The Morgan fingerprint density at radius 2 is 0.902 bits per heavy atom. The lowest BCUT2D eigenvalue weighted by Crippen LogP contribution is -2.00. The van der Waals surface area contributed by atoms with Crippen molar-refractivity contribution in [2.45, 2.75) is 0 Å². The summed E-state index contributed by atoms with van der Waals surface area (Å²) < 4.78 is 11.1. The Balaban J connectivity index is 0.000000165. The summed E-state index contributed by atoms with van der Waals surface area (Å²) in [6.07, 6.45) is 0. The van der Waals surface area contributed by atoms with Gasteiger partial charge in [-0.2, -0.15) is 0 Å². The smallest absolute Gasteiger partial charge is 0.200 e. The molecule has 0 saturated heterocycles. The monoisotopic (exact) mass is 556 g/mol. The van der Waals surface area contributed by atoms with E-state index in [2.05, 4.69) is 0 Å². The highest BCUT2D eigenvalue weighted by Crippen LogP contribution is 2.40. The maximum atomic E-state index is 12.0. The van der Waals surface area contributed by atoms with Gasteiger partial charge in [-0.15, -0.1) is 0 Å². The zero-order valence-corrected chi connectivity index (χ0v) is 20.8. The molecule has 6 aromatic rings. The molecule has 0 fully saturated rings. The van der Waals surface area contributed by atoms with Gasteiger partial charge in [0.2, 0.25) is 0 Å². The molecule has 0 radical (unpaired) electrons. The molecule has 2 heterocycles. The molecule has 2 aromatic heterocycles. The van der Waals surface area contributed by atoms with Crippen LogP contribution in [0.15, 0.2) is 97.3 Å². The van der Waals surface area contributed by atoms with Crippen molar-refractivity contribution in [3.8, 4) is 62.9 Å². The standard InChI is InChI=1S/C15H10O6.C15H10O5/c16-8-1-2-9-10(17)6-13(21-14(9)5-8)7-3-11(18)15(20)12(19)4-7;16-10-7-14(20-13-4-2-1-3-9(10)13)8-5-11(17)15(19)12(18)6-8/h1-6,16,18-20H;1-7,17-19H. The van der Waals surface area contributed by atoms with Crippen LogP contribution in [0.5, 0.6) is 40.2 Å². The molecule has 4 aromatic carbocycles. The lowest BCUT2D eigenvalue weighted by atomic mass is 10.1. The average Bonchev–Trinajstić information content (AvgIpc) is 2.94. The quantitative estimate of drug-likeness (QED) is 0.144. The predicted molar refractivity (Wildman–Crippen MR) is 147 cm³/mol. The topological polar surface area (TPSA) is 202 Å². The Labute approximate surface area is 228 Å². The first-order valence-corrected chi connectivity index (χ1v) is 11.8. The van der Waals surface area contributed by atoms with E-state index in [1.807, 2.05) is 0 Å². The average molecular weight is 556 g/mol. The minimum absolute atomic E-state index is 0.0563. The zero-order valence-electron chi connectivity index (χ0n) is 20.8. The Kier molecular flexibility index (Phi) is 6.61. The maximum Gasteiger partial charge on any atom is 0.200 e. The summed E-state index contributed by atoms with van der Waals surface area (Å²) in [4.78, 5) is 24.0. The Morgan fingerprint density at radius 3 is 1.41 bits per heavy atom. The second-order valence-electron chi connectivity index (χ2n) is 8.85. The number of phenols is 7. The molecule has 6 rings (SSSR count). The first kappa shape index (κ1) is 26.5. The van der Waals surface area contributed by atoms with Crippen LogP contribution in [0.1, 0.15) is 0 Å². The lowest BCUT2D eigenvalue weighted by molar-refractivity contribution is 0.368. The van der Waals surface area contributed by atoms with Crippen LogP contribution >= 0.6 is 0 Å².